The van der Waals surface area contributed by atoms with Gasteiger partial charge in [-0.25, -0.2) is 9.78 Å². The minimum Gasteiger partial charge on any atom is -0.386 e. The van der Waals surface area contributed by atoms with Gasteiger partial charge in [0.05, 0.1) is 0 Å². The fraction of sp³-hybridized carbons (Fsp3) is 0.100. The molecule has 30 heavy (non-hydrogen) atoms. The number of thiazole rings is 1. The van der Waals surface area contributed by atoms with E-state index in [0.717, 1.165) is 10.6 Å². The van der Waals surface area contributed by atoms with E-state index >= 15 is 0 Å². The number of aromatic nitrogens is 1. The first-order valence-corrected chi connectivity index (χ1v) is 10.1. The largest absolute Gasteiger partial charge is 0.386 e. The molecule has 0 spiro atoms. The summed E-state index contributed by atoms with van der Waals surface area (Å²) in [5, 5.41) is 7.61. The summed E-state index contributed by atoms with van der Waals surface area (Å²) in [6.45, 7) is 0.138. The summed E-state index contributed by atoms with van der Waals surface area (Å²) in [6, 6.07) is 11.2. The number of hydrogen-bond acceptors (Lipinski definition) is 6. The van der Waals surface area contributed by atoms with Crippen LogP contribution in [0.3, 0.4) is 0 Å². The molecule has 4 amide bonds. The van der Waals surface area contributed by atoms with Crippen LogP contribution in [0, 0.1) is 0 Å². The standard InChI is InChI=1S/C20H13ClN4O4S/c21-29-14-6-3-12-10-25(17(26)15(12)9-14)20(18(27)23-19(28)24-20)13-4-1-11(2-5-13)16-22-7-8-30-16/h1-9H,10H2,(H2,23,24,27,28)/t20-/m1/s1. The van der Waals surface area contributed by atoms with E-state index in [1.807, 2.05) is 5.38 Å². The Kier molecular flexibility index (Phi) is 4.23. The van der Waals surface area contributed by atoms with Crippen LogP contribution in [0.2, 0.25) is 0 Å². The summed E-state index contributed by atoms with van der Waals surface area (Å²) >= 11 is 6.90. The van der Waals surface area contributed by atoms with Gasteiger partial charge in [0.25, 0.3) is 11.8 Å². The lowest BCUT2D eigenvalue weighted by Gasteiger charge is -2.36. The Bertz CT molecular complexity index is 1180. The van der Waals surface area contributed by atoms with Crippen LogP contribution in [0.4, 0.5) is 4.79 Å². The molecule has 10 heteroatoms. The van der Waals surface area contributed by atoms with Crippen LogP contribution < -0.4 is 14.9 Å². The molecule has 8 nitrogen and oxygen atoms in total. The number of amides is 4. The molecule has 3 heterocycles. The first kappa shape index (κ1) is 18.6. The Morgan fingerprint density at radius 3 is 2.57 bits per heavy atom. The molecule has 0 bridgehead atoms. The van der Waals surface area contributed by atoms with Crippen LogP contribution in [0.25, 0.3) is 10.6 Å². The molecular formula is C20H13ClN4O4S. The van der Waals surface area contributed by atoms with Crippen LogP contribution in [0.15, 0.2) is 54.0 Å². The number of benzene rings is 2. The maximum atomic E-state index is 13.2. The first-order valence-electron chi connectivity index (χ1n) is 8.90. The monoisotopic (exact) mass is 440 g/mol. The molecule has 2 aliphatic rings. The zero-order valence-corrected chi connectivity index (χ0v) is 16.8. The van der Waals surface area contributed by atoms with Crippen molar-refractivity contribution in [1.29, 1.82) is 0 Å². The number of urea groups is 1. The summed E-state index contributed by atoms with van der Waals surface area (Å²) in [5.41, 5.74) is 0.720. The average molecular weight is 441 g/mol. The number of rotatable bonds is 4. The van der Waals surface area contributed by atoms with E-state index < -0.39 is 23.5 Å². The highest BCUT2D eigenvalue weighted by Gasteiger charge is 2.56. The molecule has 0 radical (unpaired) electrons. The fourth-order valence-electron chi connectivity index (χ4n) is 3.81. The molecule has 0 saturated carbocycles. The second-order valence-corrected chi connectivity index (χ2v) is 7.87. The molecule has 0 unspecified atom stereocenters. The number of hydrogen-bond donors (Lipinski definition) is 2. The van der Waals surface area contributed by atoms with E-state index in [-0.39, 0.29) is 6.54 Å². The zero-order valence-electron chi connectivity index (χ0n) is 15.2. The van der Waals surface area contributed by atoms with Crippen molar-refractivity contribution in [2.24, 2.45) is 0 Å². The predicted octanol–water partition coefficient (Wildman–Crippen LogP) is 2.99. The Hall–Kier alpha value is -3.43. The van der Waals surface area contributed by atoms with Gasteiger partial charge in [-0.05, 0) is 17.7 Å². The second-order valence-electron chi connectivity index (χ2n) is 6.82. The molecule has 2 N–H and O–H groups in total. The quantitative estimate of drug-likeness (QED) is 0.607. The number of fused-ring (bicyclic) bond motifs is 1. The molecule has 1 atom stereocenters. The Labute approximate surface area is 179 Å². The molecule has 2 aromatic carbocycles. The van der Waals surface area contributed by atoms with Gasteiger partial charge in [-0.15, -0.1) is 11.3 Å². The zero-order chi connectivity index (χ0) is 20.9. The molecule has 1 fully saturated rings. The van der Waals surface area contributed by atoms with Gasteiger partial charge in [0.2, 0.25) is 5.66 Å². The SMILES string of the molecule is O=C1NC(=O)[C@@](c2ccc(-c3nccs3)cc2)(N2Cc3ccc(OCl)cc3C2=O)N1. The highest BCUT2D eigenvalue weighted by Crippen LogP contribution is 2.38. The van der Waals surface area contributed by atoms with Crippen molar-refractivity contribution in [3.8, 4) is 16.3 Å². The van der Waals surface area contributed by atoms with Gasteiger partial charge in [-0.2, -0.15) is 0 Å². The Morgan fingerprint density at radius 2 is 1.93 bits per heavy atom. The van der Waals surface area contributed by atoms with Crippen molar-refractivity contribution in [3.05, 3.63) is 70.7 Å². The summed E-state index contributed by atoms with van der Waals surface area (Å²) in [5.74, 6) is -0.723. The third-order valence-corrected chi connectivity index (χ3v) is 6.21. The number of halogens is 1. The number of imide groups is 1. The summed E-state index contributed by atoms with van der Waals surface area (Å²) < 4.78 is 4.69. The van der Waals surface area contributed by atoms with E-state index in [0.29, 0.717) is 22.4 Å². The van der Waals surface area contributed by atoms with Crippen LogP contribution in [-0.2, 0) is 17.0 Å². The highest BCUT2D eigenvalue weighted by atomic mass is 35.5. The summed E-state index contributed by atoms with van der Waals surface area (Å²) in [6.07, 6.45) is 1.71. The van der Waals surface area contributed by atoms with Crippen LogP contribution >= 0.6 is 23.2 Å². The van der Waals surface area contributed by atoms with E-state index in [4.69, 9.17) is 16.2 Å². The topological polar surface area (TPSA) is 101 Å². The molecule has 2 aliphatic heterocycles. The smallest absolute Gasteiger partial charge is 0.324 e. The normalized spacial score (nSPS) is 20.2. The van der Waals surface area contributed by atoms with Gasteiger partial charge in [0.1, 0.15) is 22.6 Å². The molecule has 3 aromatic rings. The molecule has 150 valence electrons. The van der Waals surface area contributed by atoms with Gasteiger partial charge in [0, 0.05) is 34.8 Å². The van der Waals surface area contributed by atoms with E-state index in [1.54, 1.807) is 42.6 Å². The summed E-state index contributed by atoms with van der Waals surface area (Å²) in [4.78, 5) is 43.9. The predicted molar refractivity (Wildman–Crippen MR) is 109 cm³/mol. The van der Waals surface area contributed by atoms with Crippen molar-refractivity contribution in [2.75, 3.05) is 0 Å². The van der Waals surface area contributed by atoms with Crippen molar-refractivity contribution in [1.82, 2.24) is 20.5 Å². The minimum atomic E-state index is -1.67. The molecule has 1 aromatic heterocycles. The van der Waals surface area contributed by atoms with Crippen LogP contribution in [-0.4, -0.2) is 27.7 Å². The minimum absolute atomic E-state index is 0.138. The lowest BCUT2D eigenvalue weighted by molar-refractivity contribution is -0.130. The Balaban J connectivity index is 1.59. The first-order chi connectivity index (χ1) is 14.5. The van der Waals surface area contributed by atoms with E-state index in [9.17, 15) is 14.4 Å². The molecule has 0 aliphatic carbocycles. The lowest BCUT2D eigenvalue weighted by Crippen LogP contribution is -2.58. The molecular weight excluding hydrogens is 428 g/mol. The van der Waals surface area contributed by atoms with Crippen LogP contribution in [0.1, 0.15) is 21.5 Å². The highest BCUT2D eigenvalue weighted by molar-refractivity contribution is 7.13. The van der Waals surface area contributed by atoms with E-state index in [2.05, 4.69) is 15.6 Å². The third-order valence-electron chi connectivity index (χ3n) is 5.21. The maximum Gasteiger partial charge on any atom is 0.324 e. The summed E-state index contributed by atoms with van der Waals surface area (Å²) in [7, 11) is 0. The van der Waals surface area contributed by atoms with Gasteiger partial charge in [-0.3, -0.25) is 19.8 Å². The van der Waals surface area contributed by atoms with Gasteiger partial charge in [-0.1, -0.05) is 30.3 Å². The third kappa shape index (κ3) is 2.66. The number of carbonyl (C=O) groups excluding carboxylic acids is 3. The van der Waals surface area contributed by atoms with Crippen molar-refractivity contribution < 1.29 is 18.7 Å². The molecule has 1 saturated heterocycles. The maximum absolute atomic E-state index is 13.2. The fourth-order valence-corrected chi connectivity index (χ4v) is 4.55. The molecule has 5 rings (SSSR count). The van der Waals surface area contributed by atoms with E-state index in [1.165, 1.54) is 22.3 Å². The second kappa shape index (κ2) is 6.82. The number of nitrogens with zero attached hydrogens (tertiary/aromatic N) is 2. The van der Waals surface area contributed by atoms with Gasteiger partial charge < -0.3 is 9.61 Å². The number of carbonyl (C=O) groups is 3. The van der Waals surface area contributed by atoms with Crippen molar-refractivity contribution in [2.45, 2.75) is 12.2 Å². The lowest BCUT2D eigenvalue weighted by atomic mass is 9.96. The average Bonchev–Trinajstić information content (AvgIpc) is 3.47. The van der Waals surface area contributed by atoms with Crippen molar-refractivity contribution in [3.63, 3.8) is 0 Å². The number of nitrogens with one attached hydrogen (secondary N) is 2. The van der Waals surface area contributed by atoms with Crippen LogP contribution in [0.5, 0.6) is 5.75 Å². The Morgan fingerprint density at radius 1 is 1.13 bits per heavy atom. The van der Waals surface area contributed by atoms with Crippen molar-refractivity contribution >= 4 is 41.0 Å². The van der Waals surface area contributed by atoms with Gasteiger partial charge >= 0.3 is 6.03 Å². The van der Waals surface area contributed by atoms with Gasteiger partial charge in [0.15, 0.2) is 0 Å².